The van der Waals surface area contributed by atoms with E-state index in [2.05, 4.69) is 36.0 Å². The average Bonchev–Trinajstić information content (AvgIpc) is 3.11. The second kappa shape index (κ2) is 4.75. The Morgan fingerprint density at radius 1 is 1.42 bits per heavy atom. The van der Waals surface area contributed by atoms with Crippen molar-refractivity contribution in [1.29, 1.82) is 0 Å². The van der Waals surface area contributed by atoms with Gasteiger partial charge in [-0.05, 0) is 46.5 Å². The van der Waals surface area contributed by atoms with E-state index < -0.39 is 0 Å². The summed E-state index contributed by atoms with van der Waals surface area (Å²) in [6, 6.07) is 0.733. The van der Waals surface area contributed by atoms with Gasteiger partial charge in [-0.25, -0.2) is 9.97 Å². The molecule has 104 valence electrons. The summed E-state index contributed by atoms with van der Waals surface area (Å²) >= 11 is 0. The van der Waals surface area contributed by atoms with Gasteiger partial charge in [0.2, 0.25) is 5.95 Å². The van der Waals surface area contributed by atoms with Gasteiger partial charge in [0, 0.05) is 42.1 Å². The number of aromatic nitrogens is 2. The largest absolute Gasteiger partial charge is 0.336 e. The van der Waals surface area contributed by atoms with Crippen LogP contribution >= 0.6 is 0 Å². The van der Waals surface area contributed by atoms with E-state index in [-0.39, 0.29) is 5.54 Å². The molecule has 1 aromatic heterocycles. The maximum Gasteiger partial charge on any atom is 0.225 e. The van der Waals surface area contributed by atoms with Crippen molar-refractivity contribution in [1.82, 2.24) is 15.3 Å². The Bertz CT molecular complexity index is 465. The summed E-state index contributed by atoms with van der Waals surface area (Å²) in [7, 11) is 0. The third-order valence-electron chi connectivity index (χ3n) is 4.37. The van der Waals surface area contributed by atoms with Gasteiger partial charge < -0.3 is 10.2 Å². The van der Waals surface area contributed by atoms with Gasteiger partial charge in [-0.3, -0.25) is 0 Å². The molecule has 4 heteroatoms. The highest BCUT2D eigenvalue weighted by Crippen LogP contribution is 2.31. The van der Waals surface area contributed by atoms with Crippen LogP contribution in [0.15, 0.2) is 6.20 Å². The number of hydrogen-bond acceptors (Lipinski definition) is 4. The first kappa shape index (κ1) is 12.9. The summed E-state index contributed by atoms with van der Waals surface area (Å²) in [6.45, 7) is 8.63. The third kappa shape index (κ3) is 2.73. The van der Waals surface area contributed by atoms with Gasteiger partial charge in [0.05, 0.1) is 0 Å². The molecule has 0 amide bonds. The molecule has 1 aliphatic carbocycles. The zero-order valence-electron chi connectivity index (χ0n) is 12.2. The average molecular weight is 260 g/mol. The van der Waals surface area contributed by atoms with E-state index in [1.807, 2.05) is 6.20 Å². The van der Waals surface area contributed by atoms with Gasteiger partial charge in [-0.15, -0.1) is 0 Å². The van der Waals surface area contributed by atoms with E-state index in [1.165, 1.54) is 31.2 Å². The predicted molar refractivity (Wildman–Crippen MR) is 77.3 cm³/mol. The van der Waals surface area contributed by atoms with Crippen LogP contribution in [0.5, 0.6) is 0 Å². The highest BCUT2D eigenvalue weighted by atomic mass is 15.3. The summed E-state index contributed by atoms with van der Waals surface area (Å²) in [4.78, 5) is 11.7. The van der Waals surface area contributed by atoms with Crippen molar-refractivity contribution in [3.05, 3.63) is 17.5 Å². The quantitative estimate of drug-likeness (QED) is 0.902. The summed E-state index contributed by atoms with van der Waals surface area (Å²) < 4.78 is 0. The molecule has 0 atom stereocenters. The van der Waals surface area contributed by atoms with Crippen LogP contribution in [0, 0.1) is 6.92 Å². The summed E-state index contributed by atoms with van der Waals surface area (Å²) in [5.74, 6) is 0.898. The summed E-state index contributed by atoms with van der Waals surface area (Å²) in [5.41, 5.74) is 2.54. The normalized spacial score (nSPS) is 21.9. The molecular weight excluding hydrogens is 236 g/mol. The molecule has 2 aliphatic rings. The highest BCUT2D eigenvalue weighted by molar-refractivity contribution is 5.38. The second-order valence-electron chi connectivity index (χ2n) is 6.50. The first-order valence-corrected chi connectivity index (χ1v) is 7.40. The van der Waals surface area contributed by atoms with Crippen LogP contribution in [0.2, 0.25) is 0 Å². The first-order valence-electron chi connectivity index (χ1n) is 7.40. The van der Waals surface area contributed by atoms with Crippen molar-refractivity contribution < 1.29 is 0 Å². The Morgan fingerprint density at radius 2 is 2.21 bits per heavy atom. The number of aryl methyl sites for hydroxylation is 1. The molecule has 0 bridgehead atoms. The molecule has 0 radical (unpaired) electrons. The van der Waals surface area contributed by atoms with Crippen molar-refractivity contribution in [2.24, 2.45) is 0 Å². The molecule has 1 N–H and O–H groups in total. The lowest BCUT2D eigenvalue weighted by Crippen LogP contribution is -2.39. The smallest absolute Gasteiger partial charge is 0.225 e. The number of anilines is 1. The monoisotopic (exact) mass is 260 g/mol. The van der Waals surface area contributed by atoms with Crippen molar-refractivity contribution in [3.8, 4) is 0 Å². The van der Waals surface area contributed by atoms with Gasteiger partial charge in [0.15, 0.2) is 0 Å². The Kier molecular flexibility index (Phi) is 3.21. The lowest BCUT2D eigenvalue weighted by Gasteiger charge is -2.31. The van der Waals surface area contributed by atoms with Crippen LogP contribution in [-0.2, 0) is 6.54 Å². The molecule has 4 nitrogen and oxygen atoms in total. The van der Waals surface area contributed by atoms with E-state index >= 15 is 0 Å². The molecule has 1 aromatic rings. The van der Waals surface area contributed by atoms with E-state index in [0.717, 1.165) is 30.8 Å². The number of hydrogen-bond donors (Lipinski definition) is 1. The van der Waals surface area contributed by atoms with E-state index in [0.29, 0.717) is 0 Å². The van der Waals surface area contributed by atoms with Crippen LogP contribution in [0.1, 0.15) is 50.8 Å². The lowest BCUT2D eigenvalue weighted by atomic mass is 10.0. The molecule has 0 unspecified atom stereocenters. The first-order chi connectivity index (χ1) is 9.06. The fourth-order valence-corrected chi connectivity index (χ4v) is 2.80. The molecular formula is C15H24N4. The minimum absolute atomic E-state index is 0.195. The SMILES string of the molecule is Cc1nc(N2CCCC2(C)C)ncc1CNC1CC1. The second-order valence-corrected chi connectivity index (χ2v) is 6.50. The van der Waals surface area contributed by atoms with E-state index in [9.17, 15) is 0 Å². The Labute approximate surface area is 115 Å². The van der Waals surface area contributed by atoms with Crippen molar-refractivity contribution in [3.63, 3.8) is 0 Å². The Hall–Kier alpha value is -1.16. The van der Waals surface area contributed by atoms with Crippen LogP contribution in [0.4, 0.5) is 5.95 Å². The van der Waals surface area contributed by atoms with Gasteiger partial charge in [-0.1, -0.05) is 0 Å². The van der Waals surface area contributed by atoms with Crippen molar-refractivity contribution >= 4 is 5.95 Å². The lowest BCUT2D eigenvalue weighted by molar-refractivity contribution is 0.509. The summed E-state index contributed by atoms with van der Waals surface area (Å²) in [5, 5.41) is 3.53. The summed E-state index contributed by atoms with van der Waals surface area (Å²) in [6.07, 6.45) is 7.10. The van der Waals surface area contributed by atoms with Gasteiger partial charge >= 0.3 is 0 Å². The minimum atomic E-state index is 0.195. The standard InChI is InChI=1S/C15H24N4/c1-11-12(9-16-13-5-6-13)10-17-14(18-11)19-8-4-7-15(19,2)3/h10,13,16H,4-9H2,1-3H3. The molecule has 2 fully saturated rings. The van der Waals surface area contributed by atoms with E-state index in [1.54, 1.807) is 0 Å². The molecule has 3 rings (SSSR count). The molecule has 19 heavy (non-hydrogen) atoms. The Balaban J connectivity index is 1.74. The maximum absolute atomic E-state index is 4.72. The van der Waals surface area contributed by atoms with Crippen molar-refractivity contribution in [2.45, 2.75) is 64.6 Å². The topological polar surface area (TPSA) is 41.1 Å². The molecule has 1 saturated heterocycles. The van der Waals surface area contributed by atoms with Gasteiger partial charge in [0.25, 0.3) is 0 Å². The zero-order valence-corrected chi connectivity index (χ0v) is 12.2. The van der Waals surface area contributed by atoms with Gasteiger partial charge in [-0.2, -0.15) is 0 Å². The molecule has 1 saturated carbocycles. The Morgan fingerprint density at radius 3 is 2.79 bits per heavy atom. The van der Waals surface area contributed by atoms with E-state index in [4.69, 9.17) is 4.98 Å². The number of nitrogens with zero attached hydrogens (tertiary/aromatic N) is 3. The van der Waals surface area contributed by atoms with Crippen LogP contribution in [0.25, 0.3) is 0 Å². The third-order valence-corrected chi connectivity index (χ3v) is 4.37. The van der Waals surface area contributed by atoms with Crippen LogP contribution in [-0.4, -0.2) is 28.1 Å². The van der Waals surface area contributed by atoms with Crippen LogP contribution < -0.4 is 10.2 Å². The predicted octanol–water partition coefficient (Wildman–Crippen LogP) is 2.42. The minimum Gasteiger partial charge on any atom is -0.336 e. The van der Waals surface area contributed by atoms with Crippen LogP contribution in [0.3, 0.4) is 0 Å². The number of nitrogens with one attached hydrogen (secondary N) is 1. The maximum atomic E-state index is 4.72. The highest BCUT2D eigenvalue weighted by Gasteiger charge is 2.33. The molecule has 1 aliphatic heterocycles. The van der Waals surface area contributed by atoms with Gasteiger partial charge in [0.1, 0.15) is 0 Å². The molecule has 0 aromatic carbocycles. The molecule has 0 spiro atoms. The van der Waals surface area contributed by atoms with Crippen molar-refractivity contribution in [2.75, 3.05) is 11.4 Å². The molecule has 2 heterocycles. The zero-order chi connectivity index (χ0) is 13.5. The fraction of sp³-hybridized carbons (Fsp3) is 0.733. The fourth-order valence-electron chi connectivity index (χ4n) is 2.80. The number of rotatable bonds is 4.